The van der Waals surface area contributed by atoms with Crippen LogP contribution >= 0.6 is 0 Å². The summed E-state index contributed by atoms with van der Waals surface area (Å²) in [4.78, 5) is 32.4. The quantitative estimate of drug-likeness (QED) is 0.700. The lowest BCUT2D eigenvalue weighted by Crippen LogP contribution is -2.58. The Hall–Kier alpha value is -2.69. The first-order valence-corrected chi connectivity index (χ1v) is 10.2. The van der Waals surface area contributed by atoms with Gasteiger partial charge >= 0.3 is 6.09 Å². The van der Waals surface area contributed by atoms with E-state index in [0.717, 1.165) is 12.8 Å². The van der Waals surface area contributed by atoms with E-state index in [2.05, 4.69) is 25.1 Å². The zero-order valence-corrected chi connectivity index (χ0v) is 17.8. The van der Waals surface area contributed by atoms with Crippen molar-refractivity contribution >= 4 is 17.6 Å². The zero-order valence-electron chi connectivity index (χ0n) is 17.8. The summed E-state index contributed by atoms with van der Waals surface area (Å²) in [6, 6.07) is 3.63. The molecule has 1 atom stereocenters. The number of amides is 1. The number of aromatic nitrogens is 1. The van der Waals surface area contributed by atoms with Crippen molar-refractivity contribution in [1.29, 1.82) is 5.26 Å². The van der Waals surface area contributed by atoms with Crippen LogP contribution in [0.2, 0.25) is 0 Å². The molecule has 1 amide bonds. The van der Waals surface area contributed by atoms with Gasteiger partial charge in [0.15, 0.2) is 0 Å². The Kier molecular flexibility index (Phi) is 5.78. The van der Waals surface area contributed by atoms with Crippen LogP contribution in [-0.2, 0) is 4.74 Å². The minimum atomic E-state index is -0.553. The minimum Gasteiger partial charge on any atom is -0.444 e. The third-order valence-corrected chi connectivity index (χ3v) is 5.31. The predicted molar refractivity (Wildman–Crippen MR) is 110 cm³/mol. The molecule has 29 heavy (non-hydrogen) atoms. The average molecular weight is 399 g/mol. The molecule has 0 bridgehead atoms. The number of carbonyl (C=O) groups excluding carboxylic acids is 1. The van der Waals surface area contributed by atoms with Crippen molar-refractivity contribution < 1.29 is 9.53 Å². The van der Waals surface area contributed by atoms with Crippen molar-refractivity contribution in [2.24, 2.45) is 11.1 Å². The highest BCUT2D eigenvalue weighted by atomic mass is 16.6. The number of hydrogen-bond donors (Lipinski definition) is 0. The Bertz CT molecular complexity index is 836. The Morgan fingerprint density at radius 3 is 2.55 bits per heavy atom. The van der Waals surface area contributed by atoms with Gasteiger partial charge in [0.25, 0.3) is 0 Å². The molecule has 1 aliphatic heterocycles. The fraction of sp³-hybridized carbons (Fsp3) is 0.667. The molecule has 156 valence electrons. The van der Waals surface area contributed by atoms with Gasteiger partial charge in [0.1, 0.15) is 23.2 Å². The molecular formula is C21H29N5O3. The molecule has 0 aromatic carbocycles. The van der Waals surface area contributed by atoms with Gasteiger partial charge in [-0.3, -0.25) is 0 Å². The van der Waals surface area contributed by atoms with Crippen LogP contribution in [0.1, 0.15) is 64.6 Å². The smallest absolute Gasteiger partial charge is 0.410 e. The van der Waals surface area contributed by atoms with E-state index in [-0.39, 0.29) is 29.7 Å². The van der Waals surface area contributed by atoms with E-state index in [0.29, 0.717) is 36.7 Å². The van der Waals surface area contributed by atoms with Crippen molar-refractivity contribution in [3.8, 4) is 6.07 Å². The zero-order chi connectivity index (χ0) is 21.3. The second-order valence-electron chi connectivity index (χ2n) is 9.17. The first kappa shape index (κ1) is 21.0. The number of nitrogens with zero attached hydrogens (tertiary/aromatic N) is 5. The summed E-state index contributed by atoms with van der Waals surface area (Å²) in [5.41, 5.74) is 0.741. The highest BCUT2D eigenvalue weighted by Crippen LogP contribution is 2.44. The van der Waals surface area contributed by atoms with E-state index >= 15 is 0 Å². The first-order chi connectivity index (χ1) is 13.6. The molecule has 0 spiro atoms. The maximum Gasteiger partial charge on any atom is 0.410 e. The van der Waals surface area contributed by atoms with Crippen molar-refractivity contribution in [3.63, 3.8) is 0 Å². The minimum absolute atomic E-state index is 0.0693. The molecule has 1 aromatic rings. The normalized spacial score (nSPS) is 19.8. The summed E-state index contributed by atoms with van der Waals surface area (Å²) in [5, 5.41) is 12.7. The molecule has 1 saturated carbocycles. The molecule has 1 saturated heterocycles. The SMILES string of the molecule is CC(C)[C@@H]1CN(c2nc(C3CC3)c(N=O)cc2C#N)CCN1C(=O)OC(C)(C)C. The molecule has 8 heteroatoms. The van der Waals surface area contributed by atoms with E-state index < -0.39 is 5.60 Å². The molecule has 0 unspecified atom stereocenters. The van der Waals surface area contributed by atoms with Crippen LogP contribution in [0, 0.1) is 22.2 Å². The number of pyridine rings is 1. The number of hydrogen-bond acceptors (Lipinski definition) is 7. The van der Waals surface area contributed by atoms with Gasteiger partial charge in [-0.1, -0.05) is 13.8 Å². The van der Waals surface area contributed by atoms with Gasteiger partial charge in [-0.15, -0.1) is 4.91 Å². The first-order valence-electron chi connectivity index (χ1n) is 10.2. The average Bonchev–Trinajstić information content (AvgIpc) is 3.50. The lowest BCUT2D eigenvalue weighted by Gasteiger charge is -2.44. The van der Waals surface area contributed by atoms with Gasteiger partial charge in [0, 0.05) is 25.6 Å². The van der Waals surface area contributed by atoms with Crippen molar-refractivity contribution in [2.45, 2.75) is 65.0 Å². The fourth-order valence-corrected chi connectivity index (χ4v) is 3.68. The molecule has 0 radical (unpaired) electrons. The summed E-state index contributed by atoms with van der Waals surface area (Å²) >= 11 is 0. The summed E-state index contributed by atoms with van der Waals surface area (Å²) < 4.78 is 5.59. The van der Waals surface area contributed by atoms with Crippen molar-refractivity contribution in [1.82, 2.24) is 9.88 Å². The molecular weight excluding hydrogens is 370 g/mol. The second kappa shape index (κ2) is 7.97. The highest BCUT2D eigenvalue weighted by Gasteiger charge is 2.37. The number of piperazine rings is 1. The van der Waals surface area contributed by atoms with Crippen LogP contribution in [0.3, 0.4) is 0 Å². The van der Waals surface area contributed by atoms with E-state index in [1.165, 1.54) is 0 Å². The fourth-order valence-electron chi connectivity index (χ4n) is 3.68. The van der Waals surface area contributed by atoms with Gasteiger partial charge in [-0.25, -0.2) is 9.78 Å². The maximum absolute atomic E-state index is 12.7. The summed E-state index contributed by atoms with van der Waals surface area (Å²) in [5.74, 6) is 1.03. The molecule has 3 rings (SSSR count). The summed E-state index contributed by atoms with van der Waals surface area (Å²) in [6.07, 6.45) is 1.66. The lowest BCUT2D eigenvalue weighted by atomic mass is 9.99. The van der Waals surface area contributed by atoms with Crippen LogP contribution in [0.25, 0.3) is 0 Å². The Morgan fingerprint density at radius 2 is 2.03 bits per heavy atom. The van der Waals surface area contributed by atoms with E-state index in [1.54, 1.807) is 11.0 Å². The largest absolute Gasteiger partial charge is 0.444 e. The highest BCUT2D eigenvalue weighted by molar-refractivity contribution is 5.70. The van der Waals surface area contributed by atoms with Gasteiger partial charge in [-0.2, -0.15) is 5.26 Å². The van der Waals surface area contributed by atoms with E-state index in [4.69, 9.17) is 9.72 Å². The van der Waals surface area contributed by atoms with Crippen LogP contribution in [0.4, 0.5) is 16.3 Å². The molecule has 0 N–H and O–H groups in total. The molecule has 2 aliphatic rings. The molecule has 1 aromatic heterocycles. The van der Waals surface area contributed by atoms with Gasteiger partial charge in [0.05, 0.1) is 17.3 Å². The Balaban J connectivity index is 1.88. The Morgan fingerprint density at radius 1 is 1.34 bits per heavy atom. The number of anilines is 1. The van der Waals surface area contributed by atoms with Crippen molar-refractivity contribution in [2.75, 3.05) is 24.5 Å². The third-order valence-electron chi connectivity index (χ3n) is 5.31. The van der Waals surface area contributed by atoms with Crippen LogP contribution < -0.4 is 4.90 Å². The van der Waals surface area contributed by atoms with Crippen molar-refractivity contribution in [3.05, 3.63) is 22.2 Å². The van der Waals surface area contributed by atoms with E-state index in [1.807, 2.05) is 25.7 Å². The number of carbonyl (C=O) groups is 1. The van der Waals surface area contributed by atoms with Crippen LogP contribution in [0.15, 0.2) is 11.2 Å². The van der Waals surface area contributed by atoms with Gasteiger partial charge in [-0.05, 0) is 50.8 Å². The summed E-state index contributed by atoms with van der Waals surface area (Å²) in [6.45, 7) is 11.3. The number of ether oxygens (including phenoxy) is 1. The monoisotopic (exact) mass is 399 g/mol. The predicted octanol–water partition coefficient (Wildman–Crippen LogP) is 4.31. The summed E-state index contributed by atoms with van der Waals surface area (Å²) in [7, 11) is 0. The van der Waals surface area contributed by atoms with Gasteiger partial charge in [0.2, 0.25) is 0 Å². The lowest BCUT2D eigenvalue weighted by molar-refractivity contribution is 0.00878. The number of nitriles is 1. The molecule has 8 nitrogen and oxygen atoms in total. The molecule has 2 heterocycles. The topological polar surface area (TPSA) is 98.9 Å². The van der Waals surface area contributed by atoms with Gasteiger partial charge < -0.3 is 14.5 Å². The second-order valence-corrected chi connectivity index (χ2v) is 9.17. The number of nitroso groups, excluding NO2 is 1. The van der Waals surface area contributed by atoms with E-state index in [9.17, 15) is 15.0 Å². The number of rotatable bonds is 4. The van der Waals surface area contributed by atoms with Crippen LogP contribution in [0.5, 0.6) is 0 Å². The third kappa shape index (κ3) is 4.66. The maximum atomic E-state index is 12.7. The molecule has 2 fully saturated rings. The Labute approximate surface area is 171 Å². The standard InChI is InChI=1S/C21H29N5O3/c1-13(2)17-12-25(8-9-26(17)20(27)29-21(3,4)5)19-15(11-22)10-16(24-28)18(23-19)14-6-7-14/h10,13-14,17H,6-9,12H2,1-5H3/t17-/m0/s1. The molecule has 1 aliphatic carbocycles. The van der Waals surface area contributed by atoms with Crippen LogP contribution in [-0.4, -0.2) is 47.3 Å².